The van der Waals surface area contributed by atoms with E-state index < -0.39 is 5.97 Å². The number of carboxylic acids is 1. The molecule has 0 unspecified atom stereocenters. The first-order valence-corrected chi connectivity index (χ1v) is 6.81. The third kappa shape index (κ3) is 6.24. The van der Waals surface area contributed by atoms with Gasteiger partial charge in [0, 0.05) is 17.0 Å². The van der Waals surface area contributed by atoms with Gasteiger partial charge in [-0.15, -0.1) is 11.8 Å². The van der Waals surface area contributed by atoms with E-state index in [1.165, 1.54) is 18.9 Å². The van der Waals surface area contributed by atoms with E-state index in [9.17, 15) is 14.4 Å². The van der Waals surface area contributed by atoms with Crippen LogP contribution >= 0.6 is 11.8 Å². The number of benzene rings is 1. The monoisotopic (exact) mass is 297 g/mol. The molecule has 1 aromatic rings. The lowest BCUT2D eigenvalue weighted by Crippen LogP contribution is -2.13. The summed E-state index contributed by atoms with van der Waals surface area (Å²) in [6, 6.07) is 6.91. The molecule has 0 fully saturated rings. The molecule has 2 N–H and O–H groups in total. The fraction of sp³-hybridized carbons (Fsp3) is 0.308. The molecule has 20 heavy (non-hydrogen) atoms. The van der Waals surface area contributed by atoms with Gasteiger partial charge in [-0.1, -0.05) is 0 Å². The Morgan fingerprint density at radius 1 is 1.20 bits per heavy atom. The van der Waals surface area contributed by atoms with Crippen molar-refractivity contribution in [3.05, 3.63) is 24.3 Å². The van der Waals surface area contributed by atoms with E-state index in [4.69, 9.17) is 5.11 Å². The number of nitrogens with one attached hydrogen (secondary N) is 1. The van der Waals surface area contributed by atoms with Gasteiger partial charge in [-0.2, -0.15) is 0 Å². The number of carboxylic acid groups (broad SMARTS) is 1. The topological polar surface area (TPSA) is 92.7 Å². The molecule has 0 atom stereocenters. The first kappa shape index (κ1) is 16.0. The minimum Gasteiger partial charge on any atom is -0.481 e. The van der Waals surface area contributed by atoms with Gasteiger partial charge in [-0.3, -0.25) is 14.4 Å². The number of amides is 1. The summed E-state index contributed by atoms with van der Waals surface area (Å²) in [6.45, 7) is 0. The van der Waals surface area contributed by atoms with Crippen molar-refractivity contribution in [1.29, 1.82) is 0 Å². The van der Waals surface area contributed by atoms with Gasteiger partial charge in [0.25, 0.3) is 0 Å². The van der Waals surface area contributed by atoms with Gasteiger partial charge in [-0.25, -0.2) is 0 Å². The Morgan fingerprint density at radius 3 is 2.40 bits per heavy atom. The van der Waals surface area contributed by atoms with Gasteiger partial charge in [0.15, 0.2) is 0 Å². The highest BCUT2D eigenvalue weighted by molar-refractivity contribution is 8.00. The van der Waals surface area contributed by atoms with Crippen molar-refractivity contribution < 1.29 is 24.2 Å². The number of esters is 1. The number of carbonyl (C=O) groups excluding carboxylic acids is 2. The molecule has 0 bridgehead atoms. The van der Waals surface area contributed by atoms with E-state index in [1.54, 1.807) is 24.3 Å². The van der Waals surface area contributed by atoms with E-state index in [2.05, 4.69) is 10.1 Å². The van der Waals surface area contributed by atoms with Crippen molar-refractivity contribution in [3.8, 4) is 0 Å². The quantitative estimate of drug-likeness (QED) is 0.588. The Hall–Kier alpha value is -2.02. The number of rotatable bonds is 7. The summed E-state index contributed by atoms with van der Waals surface area (Å²) in [5, 5.41) is 11.1. The van der Waals surface area contributed by atoms with E-state index in [0.717, 1.165) is 4.90 Å². The molecule has 0 aliphatic rings. The van der Waals surface area contributed by atoms with Crippen LogP contribution in [0.3, 0.4) is 0 Å². The van der Waals surface area contributed by atoms with Crippen LogP contribution in [0.25, 0.3) is 0 Å². The largest absolute Gasteiger partial charge is 0.481 e. The summed E-state index contributed by atoms with van der Waals surface area (Å²) in [7, 11) is 1.33. The van der Waals surface area contributed by atoms with Crippen molar-refractivity contribution in [3.63, 3.8) is 0 Å². The number of hydrogen-bond acceptors (Lipinski definition) is 5. The number of aliphatic carboxylic acids is 1. The predicted molar refractivity (Wildman–Crippen MR) is 74.7 cm³/mol. The second-order valence-electron chi connectivity index (χ2n) is 3.83. The highest BCUT2D eigenvalue weighted by atomic mass is 32.2. The summed E-state index contributed by atoms with van der Waals surface area (Å²) >= 11 is 1.33. The van der Waals surface area contributed by atoms with Crippen molar-refractivity contribution in [2.75, 3.05) is 18.2 Å². The molecular formula is C13H15NO5S. The molecule has 0 aromatic heterocycles. The number of carbonyl (C=O) groups is 3. The molecule has 6 nitrogen and oxygen atoms in total. The molecule has 0 saturated heterocycles. The van der Waals surface area contributed by atoms with Gasteiger partial charge in [0.2, 0.25) is 5.91 Å². The minimum absolute atomic E-state index is 0.0613. The van der Waals surface area contributed by atoms with Crippen molar-refractivity contribution >= 4 is 35.3 Å². The average molecular weight is 297 g/mol. The van der Waals surface area contributed by atoms with Crippen LogP contribution < -0.4 is 5.32 Å². The third-order valence-electron chi connectivity index (χ3n) is 2.29. The van der Waals surface area contributed by atoms with Crippen LogP contribution in [0.5, 0.6) is 0 Å². The molecule has 7 heteroatoms. The molecule has 0 aliphatic heterocycles. The summed E-state index contributed by atoms with van der Waals surface area (Å²) in [6.07, 6.45) is -0.257. The maximum absolute atomic E-state index is 11.4. The highest BCUT2D eigenvalue weighted by Crippen LogP contribution is 2.20. The van der Waals surface area contributed by atoms with Gasteiger partial charge in [-0.05, 0) is 24.3 Å². The maximum atomic E-state index is 11.4. The van der Waals surface area contributed by atoms with Crippen LogP contribution in [0.1, 0.15) is 12.8 Å². The van der Waals surface area contributed by atoms with Gasteiger partial charge in [0.05, 0.1) is 19.3 Å². The molecule has 0 aliphatic carbocycles. The van der Waals surface area contributed by atoms with Crippen molar-refractivity contribution in [1.82, 2.24) is 0 Å². The predicted octanol–water partition coefficient (Wildman–Crippen LogP) is 1.75. The smallest absolute Gasteiger partial charge is 0.315 e. The fourth-order valence-electron chi connectivity index (χ4n) is 1.28. The summed E-state index contributed by atoms with van der Waals surface area (Å²) in [5.74, 6) is -1.43. The lowest BCUT2D eigenvalue weighted by atomic mass is 10.2. The number of hydrogen-bond donors (Lipinski definition) is 2. The van der Waals surface area contributed by atoms with E-state index in [1.807, 2.05) is 0 Å². The van der Waals surface area contributed by atoms with E-state index in [-0.39, 0.29) is 30.5 Å². The van der Waals surface area contributed by atoms with Crippen LogP contribution in [0.15, 0.2) is 29.2 Å². The molecule has 0 spiro atoms. The number of methoxy groups -OCH3 is 1. The Bertz CT molecular complexity index is 486. The van der Waals surface area contributed by atoms with Crippen molar-refractivity contribution in [2.24, 2.45) is 0 Å². The minimum atomic E-state index is -1.00. The zero-order chi connectivity index (χ0) is 15.0. The third-order valence-corrected chi connectivity index (χ3v) is 3.27. The molecule has 1 amide bonds. The average Bonchev–Trinajstić information content (AvgIpc) is 2.44. The SMILES string of the molecule is COC(=O)CSc1ccc(NC(=O)CCC(=O)O)cc1. The first-order valence-electron chi connectivity index (χ1n) is 5.82. The molecule has 0 radical (unpaired) electrons. The molecule has 108 valence electrons. The first-order chi connectivity index (χ1) is 9.51. The van der Waals surface area contributed by atoms with Gasteiger partial charge >= 0.3 is 11.9 Å². The number of ether oxygens (including phenoxy) is 1. The summed E-state index contributed by atoms with van der Waals surface area (Å²) < 4.78 is 4.53. The van der Waals surface area contributed by atoms with Crippen LogP contribution in [0.4, 0.5) is 5.69 Å². The molecule has 1 rings (SSSR count). The maximum Gasteiger partial charge on any atom is 0.315 e. The summed E-state index contributed by atoms with van der Waals surface area (Å²) in [5.41, 5.74) is 0.586. The van der Waals surface area contributed by atoms with E-state index >= 15 is 0 Å². The zero-order valence-corrected chi connectivity index (χ0v) is 11.7. The standard InChI is InChI=1S/C13H15NO5S/c1-19-13(18)8-20-10-4-2-9(3-5-10)14-11(15)6-7-12(16)17/h2-5H,6-8H2,1H3,(H,14,15)(H,16,17). The van der Waals surface area contributed by atoms with Crippen molar-refractivity contribution in [2.45, 2.75) is 17.7 Å². The number of thioether (sulfide) groups is 1. The molecule has 1 aromatic carbocycles. The number of anilines is 1. The van der Waals surface area contributed by atoms with Crippen LogP contribution in [0.2, 0.25) is 0 Å². The molecule has 0 saturated carbocycles. The van der Waals surface area contributed by atoms with Crippen LogP contribution in [-0.2, 0) is 19.1 Å². The highest BCUT2D eigenvalue weighted by Gasteiger charge is 2.06. The molecular weight excluding hydrogens is 282 g/mol. The molecule has 0 heterocycles. The Balaban J connectivity index is 2.43. The normalized spacial score (nSPS) is 9.85. The van der Waals surface area contributed by atoms with Gasteiger partial charge in [0.1, 0.15) is 0 Å². The Labute approximate surface area is 120 Å². The summed E-state index contributed by atoms with van der Waals surface area (Å²) in [4.78, 5) is 33.6. The lowest BCUT2D eigenvalue weighted by molar-refractivity contribution is -0.138. The Kier molecular flexibility index (Phi) is 6.58. The second-order valence-corrected chi connectivity index (χ2v) is 4.88. The van der Waals surface area contributed by atoms with Crippen LogP contribution in [-0.4, -0.2) is 35.8 Å². The lowest BCUT2D eigenvalue weighted by Gasteiger charge is -2.05. The van der Waals surface area contributed by atoms with Crippen LogP contribution in [0, 0.1) is 0 Å². The second kappa shape index (κ2) is 8.21. The Morgan fingerprint density at radius 2 is 1.85 bits per heavy atom. The fourth-order valence-corrected chi connectivity index (χ4v) is 2.01. The van der Waals surface area contributed by atoms with Gasteiger partial charge < -0.3 is 15.2 Å². The zero-order valence-electron chi connectivity index (χ0n) is 10.9. The van der Waals surface area contributed by atoms with E-state index in [0.29, 0.717) is 5.69 Å².